The molecule has 0 amide bonds. The fraction of sp³-hybridized carbons (Fsp3) is 0.200. The van der Waals surface area contributed by atoms with Crippen LogP contribution in [-0.4, -0.2) is 5.11 Å². The number of hydrogen-bond acceptors (Lipinski definition) is 1. The van der Waals surface area contributed by atoms with Crippen LogP contribution < -0.4 is 0 Å². The highest BCUT2D eigenvalue weighted by atomic mass is 16.2. The lowest BCUT2D eigenvalue weighted by atomic mass is 10.4. The van der Waals surface area contributed by atoms with Crippen LogP contribution in [0.2, 0.25) is 0 Å². The van der Waals surface area contributed by atoms with E-state index in [2.05, 4.69) is 0 Å². The second-order valence-electron chi connectivity index (χ2n) is 0.856. The molecule has 0 bridgehead atoms. The van der Waals surface area contributed by atoms with Gasteiger partial charge in [-0.15, -0.1) is 0 Å². The number of hydrogen-bond donors (Lipinski definition) is 1. The van der Waals surface area contributed by atoms with Crippen molar-refractivity contribution in [3.63, 3.8) is 0 Å². The van der Waals surface area contributed by atoms with Gasteiger partial charge in [-0.2, -0.15) is 0 Å². The van der Waals surface area contributed by atoms with Gasteiger partial charge in [0.2, 0.25) is 0 Å². The summed E-state index contributed by atoms with van der Waals surface area (Å²) in [6, 6.07) is 0. The van der Waals surface area contributed by atoms with Crippen LogP contribution in [0.15, 0.2) is 18.4 Å². The van der Waals surface area contributed by atoms with Crippen molar-refractivity contribution >= 4 is 0 Å². The molecule has 0 unspecified atom stereocenters. The van der Waals surface area contributed by atoms with Gasteiger partial charge in [0.25, 0.3) is 0 Å². The van der Waals surface area contributed by atoms with E-state index in [1.807, 2.05) is 0 Å². The molecule has 0 aliphatic heterocycles. The van der Waals surface area contributed by atoms with Gasteiger partial charge in [0, 0.05) is 0 Å². The largest absolute Gasteiger partial charge is 0.516 e. The minimum absolute atomic E-state index is 0.635. The molecule has 0 aromatic rings. The van der Waals surface area contributed by atoms with Gasteiger partial charge in [0.15, 0.2) is 0 Å². The second kappa shape index (κ2) is 4.28. The lowest BCUT2D eigenvalue weighted by Crippen LogP contribution is -1.51. The van der Waals surface area contributed by atoms with Crippen LogP contribution >= 0.6 is 0 Å². The summed E-state index contributed by atoms with van der Waals surface area (Å²) in [4.78, 5) is 0. The highest BCUT2D eigenvalue weighted by Crippen LogP contribution is 1.77. The maximum absolute atomic E-state index is 7.94. The van der Waals surface area contributed by atoms with Crippen molar-refractivity contribution in [2.45, 2.75) is 6.42 Å². The summed E-state index contributed by atoms with van der Waals surface area (Å²) >= 11 is 0. The molecule has 1 radical (unpaired) electrons. The lowest BCUT2D eigenvalue weighted by Gasteiger charge is -1.69. The summed E-state index contributed by atoms with van der Waals surface area (Å²) in [5.41, 5.74) is 0. The molecule has 0 aromatic carbocycles. The molecular formula is C5H7O. The van der Waals surface area contributed by atoms with E-state index < -0.39 is 0 Å². The minimum atomic E-state index is 0.635. The Morgan fingerprint density at radius 2 is 2.33 bits per heavy atom. The molecule has 1 N–H and O–H groups in total. The Balaban J connectivity index is 2.85. The van der Waals surface area contributed by atoms with Gasteiger partial charge in [-0.05, 0) is 12.5 Å². The molecule has 0 fully saturated rings. The van der Waals surface area contributed by atoms with Crippen molar-refractivity contribution < 1.29 is 5.11 Å². The Morgan fingerprint density at radius 1 is 1.67 bits per heavy atom. The van der Waals surface area contributed by atoms with E-state index in [4.69, 9.17) is 11.7 Å². The van der Waals surface area contributed by atoms with Crippen LogP contribution in [0.3, 0.4) is 0 Å². The molecule has 33 valence electrons. The average Bonchev–Trinajstić information content (AvgIpc) is 1.61. The highest BCUT2D eigenvalue weighted by molar-refractivity contribution is 4.80. The molecule has 0 spiro atoms. The molecule has 0 aliphatic rings. The van der Waals surface area contributed by atoms with Crippen LogP contribution in [0.25, 0.3) is 0 Å². The molecule has 1 heteroatoms. The number of aliphatic hydroxyl groups excluding tert-OH is 1. The van der Waals surface area contributed by atoms with Gasteiger partial charge < -0.3 is 5.11 Å². The first-order valence-corrected chi connectivity index (χ1v) is 1.74. The normalized spacial score (nSPS) is 9.33. The lowest BCUT2D eigenvalue weighted by molar-refractivity contribution is 0.471. The third-order valence-electron chi connectivity index (χ3n) is 0.378. The molecule has 6 heavy (non-hydrogen) atoms. The van der Waals surface area contributed by atoms with E-state index in [0.29, 0.717) is 6.42 Å². The van der Waals surface area contributed by atoms with Crippen molar-refractivity contribution in [3.8, 4) is 0 Å². The minimum Gasteiger partial charge on any atom is -0.516 e. The predicted molar refractivity (Wildman–Crippen MR) is 25.3 cm³/mol. The van der Waals surface area contributed by atoms with Gasteiger partial charge in [0.1, 0.15) is 0 Å². The zero-order valence-corrected chi connectivity index (χ0v) is 3.46. The number of rotatable bonds is 2. The summed E-state index contributed by atoms with van der Waals surface area (Å²) in [5.74, 6) is 0. The summed E-state index contributed by atoms with van der Waals surface area (Å²) < 4.78 is 0. The van der Waals surface area contributed by atoms with Crippen LogP contribution in [0.1, 0.15) is 6.42 Å². The summed E-state index contributed by atoms with van der Waals surface area (Å²) in [6.45, 7) is 4.93. The fourth-order valence-corrected chi connectivity index (χ4v) is 0.139. The molecular weight excluding hydrogens is 76.1 g/mol. The van der Waals surface area contributed by atoms with Crippen LogP contribution in [0.5, 0.6) is 0 Å². The Kier molecular flexibility index (Phi) is 3.77. The van der Waals surface area contributed by atoms with E-state index in [1.54, 1.807) is 6.08 Å². The van der Waals surface area contributed by atoms with E-state index in [-0.39, 0.29) is 0 Å². The molecule has 0 aromatic heterocycles. The molecule has 0 aliphatic carbocycles. The standard InChI is InChI=1S/C5H7O/c1-2-3-4-5-6/h1-2,4-6H,3H2/b2-1?,5-4+. The van der Waals surface area contributed by atoms with Crippen LogP contribution in [-0.2, 0) is 0 Å². The topological polar surface area (TPSA) is 20.2 Å². The number of allylic oxidation sites excluding steroid dienone is 2. The SMILES string of the molecule is [CH]=CC/C=C/O. The first kappa shape index (κ1) is 5.28. The zero-order chi connectivity index (χ0) is 4.83. The van der Waals surface area contributed by atoms with E-state index in [0.717, 1.165) is 6.26 Å². The molecule has 0 saturated carbocycles. The quantitative estimate of drug-likeness (QED) is 0.501. The van der Waals surface area contributed by atoms with E-state index in [9.17, 15) is 0 Å². The Hall–Kier alpha value is -0.720. The maximum Gasteiger partial charge on any atom is 0.0754 e. The first-order valence-electron chi connectivity index (χ1n) is 1.74. The molecule has 0 heterocycles. The van der Waals surface area contributed by atoms with E-state index in [1.165, 1.54) is 6.08 Å². The first-order chi connectivity index (χ1) is 2.91. The van der Waals surface area contributed by atoms with Crippen molar-refractivity contribution in [3.05, 3.63) is 25.0 Å². The Morgan fingerprint density at radius 3 is 2.50 bits per heavy atom. The van der Waals surface area contributed by atoms with Crippen molar-refractivity contribution in [2.75, 3.05) is 0 Å². The fourth-order valence-electron chi connectivity index (χ4n) is 0.139. The Bertz CT molecular complexity index is 55.0. The molecule has 0 rings (SSSR count). The van der Waals surface area contributed by atoms with Gasteiger partial charge in [-0.1, -0.05) is 12.7 Å². The second-order valence-corrected chi connectivity index (χ2v) is 0.856. The average molecular weight is 83.1 g/mol. The third kappa shape index (κ3) is 3.28. The molecule has 0 atom stereocenters. The zero-order valence-electron chi connectivity index (χ0n) is 3.46. The van der Waals surface area contributed by atoms with Crippen LogP contribution in [0.4, 0.5) is 0 Å². The van der Waals surface area contributed by atoms with Crippen LogP contribution in [0, 0.1) is 6.58 Å². The third-order valence-corrected chi connectivity index (χ3v) is 0.378. The summed E-state index contributed by atoms with van der Waals surface area (Å²) in [5, 5.41) is 7.94. The monoisotopic (exact) mass is 83.0 g/mol. The van der Waals surface area contributed by atoms with Crippen molar-refractivity contribution in [2.24, 2.45) is 0 Å². The maximum atomic E-state index is 7.94. The predicted octanol–water partition coefficient (Wildman–Crippen LogP) is 1.44. The van der Waals surface area contributed by atoms with Gasteiger partial charge in [-0.3, -0.25) is 0 Å². The smallest absolute Gasteiger partial charge is 0.0754 e. The number of aliphatic hydroxyl groups is 1. The Labute approximate surface area is 37.6 Å². The van der Waals surface area contributed by atoms with Gasteiger partial charge in [-0.25, -0.2) is 0 Å². The molecule has 0 saturated heterocycles. The van der Waals surface area contributed by atoms with E-state index >= 15 is 0 Å². The van der Waals surface area contributed by atoms with Crippen molar-refractivity contribution in [1.82, 2.24) is 0 Å². The van der Waals surface area contributed by atoms with Gasteiger partial charge >= 0.3 is 0 Å². The molecule has 1 nitrogen and oxygen atoms in total. The van der Waals surface area contributed by atoms with Crippen molar-refractivity contribution in [1.29, 1.82) is 0 Å². The summed E-state index contributed by atoms with van der Waals surface area (Å²) in [6.07, 6.45) is 4.63. The van der Waals surface area contributed by atoms with Gasteiger partial charge in [0.05, 0.1) is 6.26 Å². The highest BCUT2D eigenvalue weighted by Gasteiger charge is 1.59. The summed E-state index contributed by atoms with van der Waals surface area (Å²) in [7, 11) is 0.